The van der Waals surface area contributed by atoms with Crippen LogP contribution in [0.4, 0.5) is 5.69 Å². The SMILES string of the molecule is CCSC(=Nc1ccccc1)NC(=O)CSc1ccccc1. The highest BCUT2D eigenvalue weighted by atomic mass is 32.2. The molecule has 1 amide bonds. The molecule has 2 aromatic rings. The van der Waals surface area contributed by atoms with Gasteiger partial charge in [-0.05, 0) is 30.0 Å². The Hall–Kier alpha value is -1.72. The number of amides is 1. The number of aliphatic imine (C=N–C) groups is 1. The Morgan fingerprint density at radius 3 is 2.32 bits per heavy atom. The largest absolute Gasteiger partial charge is 0.304 e. The topological polar surface area (TPSA) is 41.5 Å². The molecule has 0 aliphatic heterocycles. The van der Waals surface area contributed by atoms with Crippen LogP contribution in [0.1, 0.15) is 6.92 Å². The Morgan fingerprint density at radius 2 is 1.68 bits per heavy atom. The maximum absolute atomic E-state index is 12.1. The summed E-state index contributed by atoms with van der Waals surface area (Å²) in [5.41, 5.74) is 0.842. The third-order valence-electron chi connectivity index (χ3n) is 2.63. The predicted octanol–water partition coefficient (Wildman–Crippen LogP) is 4.34. The Balaban J connectivity index is 1.93. The minimum atomic E-state index is -0.0375. The van der Waals surface area contributed by atoms with E-state index in [1.165, 1.54) is 23.5 Å². The molecule has 0 radical (unpaired) electrons. The number of rotatable bonds is 5. The normalized spacial score (nSPS) is 11.2. The smallest absolute Gasteiger partial charge is 0.236 e. The number of amidine groups is 1. The van der Waals surface area contributed by atoms with E-state index in [-0.39, 0.29) is 5.91 Å². The average molecular weight is 330 g/mol. The molecule has 0 unspecified atom stereocenters. The van der Waals surface area contributed by atoms with Crippen LogP contribution in [0.3, 0.4) is 0 Å². The van der Waals surface area contributed by atoms with E-state index >= 15 is 0 Å². The zero-order valence-corrected chi connectivity index (χ0v) is 14.0. The zero-order chi connectivity index (χ0) is 15.6. The summed E-state index contributed by atoms with van der Waals surface area (Å²) in [6.45, 7) is 2.04. The van der Waals surface area contributed by atoms with E-state index in [4.69, 9.17) is 0 Å². The van der Waals surface area contributed by atoms with E-state index in [9.17, 15) is 4.79 Å². The lowest BCUT2D eigenvalue weighted by Crippen LogP contribution is -2.29. The third kappa shape index (κ3) is 5.95. The number of hydrogen-bond acceptors (Lipinski definition) is 4. The fraction of sp³-hybridized carbons (Fsp3) is 0.176. The van der Waals surface area contributed by atoms with Crippen LogP contribution in [0, 0.1) is 0 Å². The summed E-state index contributed by atoms with van der Waals surface area (Å²) in [5.74, 6) is 1.20. The molecule has 1 N–H and O–H groups in total. The van der Waals surface area contributed by atoms with Crippen molar-refractivity contribution in [3.63, 3.8) is 0 Å². The van der Waals surface area contributed by atoms with Crippen LogP contribution in [-0.4, -0.2) is 22.6 Å². The van der Waals surface area contributed by atoms with Crippen molar-refractivity contribution in [1.82, 2.24) is 5.32 Å². The lowest BCUT2D eigenvalue weighted by Gasteiger charge is -2.07. The lowest BCUT2D eigenvalue weighted by atomic mass is 10.3. The molecule has 0 aliphatic carbocycles. The maximum Gasteiger partial charge on any atom is 0.236 e. The molecule has 5 heteroatoms. The van der Waals surface area contributed by atoms with Gasteiger partial charge < -0.3 is 5.32 Å². The second kappa shape index (κ2) is 9.33. The Labute approximate surface area is 139 Å². The molecular weight excluding hydrogens is 312 g/mol. The molecule has 0 atom stereocenters. The van der Waals surface area contributed by atoms with Gasteiger partial charge in [0.25, 0.3) is 0 Å². The summed E-state index contributed by atoms with van der Waals surface area (Å²) in [5, 5.41) is 3.54. The van der Waals surface area contributed by atoms with Gasteiger partial charge in [-0.2, -0.15) is 0 Å². The van der Waals surface area contributed by atoms with Crippen molar-refractivity contribution >= 4 is 40.3 Å². The first-order valence-corrected chi connectivity index (χ1v) is 8.99. The summed E-state index contributed by atoms with van der Waals surface area (Å²) in [7, 11) is 0. The molecule has 0 heterocycles. The van der Waals surface area contributed by atoms with Gasteiger partial charge in [0.15, 0.2) is 5.17 Å². The number of para-hydroxylation sites is 1. The van der Waals surface area contributed by atoms with Gasteiger partial charge in [-0.1, -0.05) is 55.1 Å². The fourth-order valence-corrected chi connectivity index (χ4v) is 3.02. The van der Waals surface area contributed by atoms with Crippen molar-refractivity contribution in [2.75, 3.05) is 11.5 Å². The highest BCUT2D eigenvalue weighted by Crippen LogP contribution is 2.17. The Kier molecular flexibility index (Phi) is 7.06. The molecule has 114 valence electrons. The Morgan fingerprint density at radius 1 is 1.05 bits per heavy atom. The lowest BCUT2D eigenvalue weighted by molar-refractivity contribution is -0.117. The van der Waals surface area contributed by atoms with Gasteiger partial charge in [0.05, 0.1) is 11.4 Å². The van der Waals surface area contributed by atoms with E-state index in [2.05, 4.69) is 10.3 Å². The van der Waals surface area contributed by atoms with E-state index in [0.717, 1.165) is 16.3 Å². The predicted molar refractivity (Wildman–Crippen MR) is 97.0 cm³/mol. The van der Waals surface area contributed by atoms with Crippen LogP contribution >= 0.6 is 23.5 Å². The number of nitrogens with zero attached hydrogens (tertiary/aromatic N) is 1. The van der Waals surface area contributed by atoms with E-state index in [0.29, 0.717) is 10.9 Å². The van der Waals surface area contributed by atoms with Gasteiger partial charge in [0, 0.05) is 4.90 Å². The standard InChI is InChI=1S/C17H18N2OS2/c1-2-21-17(18-14-9-5-3-6-10-14)19-16(20)13-22-15-11-7-4-8-12-15/h3-12H,2,13H2,1H3,(H,18,19,20). The molecule has 0 fully saturated rings. The molecule has 0 bridgehead atoms. The van der Waals surface area contributed by atoms with Crippen molar-refractivity contribution < 1.29 is 4.79 Å². The molecule has 0 aromatic heterocycles. The van der Waals surface area contributed by atoms with Gasteiger partial charge in [-0.15, -0.1) is 11.8 Å². The number of carbonyl (C=O) groups excluding carboxylic acids is 1. The number of benzene rings is 2. The van der Waals surface area contributed by atoms with Gasteiger partial charge in [-0.3, -0.25) is 4.79 Å². The molecule has 2 aromatic carbocycles. The van der Waals surface area contributed by atoms with Crippen molar-refractivity contribution in [3.8, 4) is 0 Å². The first kappa shape index (κ1) is 16.6. The molecule has 3 nitrogen and oxygen atoms in total. The van der Waals surface area contributed by atoms with Gasteiger partial charge in [0.1, 0.15) is 0 Å². The monoisotopic (exact) mass is 330 g/mol. The summed E-state index contributed by atoms with van der Waals surface area (Å²) < 4.78 is 0. The van der Waals surface area contributed by atoms with Gasteiger partial charge in [0.2, 0.25) is 5.91 Å². The van der Waals surface area contributed by atoms with Crippen molar-refractivity contribution in [2.24, 2.45) is 4.99 Å². The molecule has 22 heavy (non-hydrogen) atoms. The second-order valence-electron chi connectivity index (χ2n) is 4.34. The number of thioether (sulfide) groups is 2. The highest BCUT2D eigenvalue weighted by Gasteiger charge is 2.07. The minimum absolute atomic E-state index is 0.0375. The Bertz CT molecular complexity index is 615. The third-order valence-corrected chi connectivity index (χ3v) is 4.39. The molecule has 0 aliphatic rings. The molecule has 0 saturated carbocycles. The summed E-state index contributed by atoms with van der Waals surface area (Å²) in [6, 6.07) is 19.5. The van der Waals surface area contributed by atoms with Crippen LogP contribution < -0.4 is 5.32 Å². The van der Waals surface area contributed by atoms with E-state index in [1.54, 1.807) is 0 Å². The van der Waals surface area contributed by atoms with Gasteiger partial charge >= 0.3 is 0 Å². The first-order chi connectivity index (χ1) is 10.8. The average Bonchev–Trinajstić information content (AvgIpc) is 2.55. The van der Waals surface area contributed by atoms with Crippen molar-refractivity contribution in [2.45, 2.75) is 11.8 Å². The quantitative estimate of drug-likeness (QED) is 0.504. The highest BCUT2D eigenvalue weighted by molar-refractivity contribution is 8.13. The number of carbonyl (C=O) groups is 1. The molecule has 0 spiro atoms. The summed E-state index contributed by atoms with van der Waals surface area (Å²) in [4.78, 5) is 17.6. The summed E-state index contributed by atoms with van der Waals surface area (Å²) >= 11 is 3.05. The molecular formula is C17H18N2OS2. The van der Waals surface area contributed by atoms with E-state index in [1.807, 2.05) is 67.6 Å². The first-order valence-electron chi connectivity index (χ1n) is 7.02. The molecule has 0 saturated heterocycles. The van der Waals surface area contributed by atoms with Crippen LogP contribution in [0.5, 0.6) is 0 Å². The molecule has 2 rings (SSSR count). The van der Waals surface area contributed by atoms with Crippen LogP contribution in [0.2, 0.25) is 0 Å². The minimum Gasteiger partial charge on any atom is -0.304 e. The maximum atomic E-state index is 12.1. The zero-order valence-electron chi connectivity index (χ0n) is 12.4. The van der Waals surface area contributed by atoms with Crippen LogP contribution in [-0.2, 0) is 4.79 Å². The van der Waals surface area contributed by atoms with Crippen LogP contribution in [0.15, 0.2) is 70.6 Å². The second-order valence-corrected chi connectivity index (χ2v) is 6.64. The van der Waals surface area contributed by atoms with Gasteiger partial charge in [-0.25, -0.2) is 4.99 Å². The summed E-state index contributed by atoms with van der Waals surface area (Å²) in [6.07, 6.45) is 0. The fourth-order valence-electron chi connectivity index (χ4n) is 1.67. The number of hydrogen-bond donors (Lipinski definition) is 1. The van der Waals surface area contributed by atoms with Crippen LogP contribution in [0.25, 0.3) is 0 Å². The number of nitrogens with one attached hydrogen (secondary N) is 1. The van der Waals surface area contributed by atoms with Crippen molar-refractivity contribution in [3.05, 3.63) is 60.7 Å². The van der Waals surface area contributed by atoms with E-state index < -0.39 is 0 Å². The van der Waals surface area contributed by atoms with Crippen molar-refractivity contribution in [1.29, 1.82) is 0 Å².